The van der Waals surface area contributed by atoms with Gasteiger partial charge in [0.15, 0.2) is 5.78 Å². The number of ether oxygens (including phenoxy) is 2. The number of imide groups is 1. The molecule has 0 spiro atoms. The van der Waals surface area contributed by atoms with Crippen molar-refractivity contribution in [2.24, 2.45) is 0 Å². The Labute approximate surface area is 161 Å². The standard InChI is InChI=1S/C20H19FN2O5/c1-20(12-4-6-13(21)7-5-12)18(25)23(19(26)22-20)11-16(24)15-10-14(27-2)8-9-17(15)28-3/h4-10H,11H2,1-3H3,(H,22,26)/t20-/m0/s1. The van der Waals surface area contributed by atoms with Gasteiger partial charge in [-0.25, -0.2) is 9.18 Å². The molecule has 0 bridgehead atoms. The molecule has 1 heterocycles. The molecule has 0 saturated carbocycles. The van der Waals surface area contributed by atoms with Gasteiger partial charge in [0.25, 0.3) is 5.91 Å². The van der Waals surface area contributed by atoms with E-state index in [0.29, 0.717) is 17.1 Å². The van der Waals surface area contributed by atoms with E-state index in [1.165, 1.54) is 51.5 Å². The molecule has 1 saturated heterocycles. The Morgan fingerprint density at radius 1 is 1.11 bits per heavy atom. The minimum absolute atomic E-state index is 0.192. The van der Waals surface area contributed by atoms with E-state index in [2.05, 4.69) is 5.32 Å². The zero-order valence-corrected chi connectivity index (χ0v) is 15.6. The Balaban J connectivity index is 1.87. The smallest absolute Gasteiger partial charge is 0.325 e. The maximum Gasteiger partial charge on any atom is 0.325 e. The lowest BCUT2D eigenvalue weighted by atomic mass is 9.92. The second kappa shape index (κ2) is 7.30. The van der Waals surface area contributed by atoms with E-state index in [1.807, 2.05) is 0 Å². The number of urea groups is 1. The number of carbonyl (C=O) groups excluding carboxylic acids is 3. The van der Waals surface area contributed by atoms with Crippen LogP contribution in [0.1, 0.15) is 22.8 Å². The number of rotatable bonds is 6. The van der Waals surface area contributed by atoms with Crippen molar-refractivity contribution in [3.8, 4) is 11.5 Å². The quantitative estimate of drug-likeness (QED) is 0.609. The van der Waals surface area contributed by atoms with E-state index < -0.39 is 35.6 Å². The monoisotopic (exact) mass is 386 g/mol. The Morgan fingerprint density at radius 2 is 1.79 bits per heavy atom. The highest BCUT2D eigenvalue weighted by atomic mass is 19.1. The Kier molecular flexibility index (Phi) is 5.04. The van der Waals surface area contributed by atoms with Crippen LogP contribution in [0.2, 0.25) is 0 Å². The minimum Gasteiger partial charge on any atom is -0.497 e. The summed E-state index contributed by atoms with van der Waals surface area (Å²) < 4.78 is 23.5. The molecule has 146 valence electrons. The van der Waals surface area contributed by atoms with Gasteiger partial charge in [-0.2, -0.15) is 0 Å². The molecular weight excluding hydrogens is 367 g/mol. The van der Waals surface area contributed by atoms with E-state index in [1.54, 1.807) is 12.1 Å². The van der Waals surface area contributed by atoms with Crippen LogP contribution in [0, 0.1) is 5.82 Å². The molecule has 8 heteroatoms. The molecule has 1 atom stereocenters. The summed E-state index contributed by atoms with van der Waals surface area (Å²) in [5, 5.41) is 2.58. The van der Waals surface area contributed by atoms with E-state index in [0.717, 1.165) is 4.90 Å². The van der Waals surface area contributed by atoms with Crippen molar-refractivity contribution in [1.82, 2.24) is 10.2 Å². The fourth-order valence-corrected chi connectivity index (χ4v) is 3.08. The number of benzene rings is 2. The molecule has 3 rings (SSSR count). The number of ketones is 1. The zero-order valence-electron chi connectivity index (χ0n) is 15.6. The molecular formula is C20H19FN2O5. The van der Waals surface area contributed by atoms with Crippen molar-refractivity contribution >= 4 is 17.7 Å². The van der Waals surface area contributed by atoms with Gasteiger partial charge in [0.2, 0.25) is 0 Å². The molecule has 2 aromatic carbocycles. The van der Waals surface area contributed by atoms with Crippen LogP contribution < -0.4 is 14.8 Å². The number of halogens is 1. The topological polar surface area (TPSA) is 84.9 Å². The van der Waals surface area contributed by atoms with Crippen LogP contribution in [-0.2, 0) is 10.3 Å². The largest absolute Gasteiger partial charge is 0.497 e. The first-order chi connectivity index (χ1) is 13.3. The van der Waals surface area contributed by atoms with Gasteiger partial charge in [0.1, 0.15) is 22.9 Å². The first kappa shape index (κ1) is 19.3. The fraction of sp³-hybridized carbons (Fsp3) is 0.250. The van der Waals surface area contributed by atoms with E-state index in [4.69, 9.17) is 9.47 Å². The first-order valence-electron chi connectivity index (χ1n) is 8.45. The minimum atomic E-state index is -1.39. The SMILES string of the molecule is COc1ccc(OC)c(C(=O)CN2C(=O)N[C@@](C)(c3ccc(F)cc3)C2=O)c1. The second-order valence-electron chi connectivity index (χ2n) is 6.44. The van der Waals surface area contributed by atoms with Crippen LogP contribution in [0.3, 0.4) is 0 Å². The Morgan fingerprint density at radius 3 is 2.39 bits per heavy atom. The summed E-state index contributed by atoms with van der Waals surface area (Å²) in [5.74, 6) is -0.792. The van der Waals surface area contributed by atoms with E-state index >= 15 is 0 Å². The normalized spacial score (nSPS) is 18.8. The number of hydrogen-bond donors (Lipinski definition) is 1. The first-order valence-corrected chi connectivity index (χ1v) is 8.45. The second-order valence-corrected chi connectivity index (χ2v) is 6.44. The molecule has 0 unspecified atom stereocenters. The number of Topliss-reactive ketones (excluding diaryl/α,β-unsaturated/α-hetero) is 1. The lowest BCUT2D eigenvalue weighted by Crippen LogP contribution is -2.41. The number of methoxy groups -OCH3 is 2. The van der Waals surface area contributed by atoms with Gasteiger partial charge >= 0.3 is 6.03 Å². The van der Waals surface area contributed by atoms with Crippen LogP contribution in [0.15, 0.2) is 42.5 Å². The van der Waals surface area contributed by atoms with Crippen molar-refractivity contribution < 1.29 is 28.2 Å². The highest BCUT2D eigenvalue weighted by Gasteiger charge is 2.49. The van der Waals surface area contributed by atoms with Gasteiger partial charge in [0, 0.05) is 0 Å². The molecule has 1 aliphatic rings. The summed E-state index contributed by atoms with van der Waals surface area (Å²) in [6, 6.07) is 9.23. The van der Waals surface area contributed by atoms with E-state index in [-0.39, 0.29) is 5.56 Å². The molecule has 0 aromatic heterocycles. The summed E-state index contributed by atoms with van der Waals surface area (Å²) in [6.45, 7) is 1.04. The lowest BCUT2D eigenvalue weighted by Gasteiger charge is -2.22. The highest BCUT2D eigenvalue weighted by molar-refractivity contribution is 6.11. The third kappa shape index (κ3) is 3.28. The predicted octanol–water partition coefficient (Wildman–Crippen LogP) is 2.49. The van der Waals surface area contributed by atoms with Crippen molar-refractivity contribution in [1.29, 1.82) is 0 Å². The van der Waals surface area contributed by atoms with Crippen molar-refractivity contribution in [3.63, 3.8) is 0 Å². The Hall–Kier alpha value is -3.42. The predicted molar refractivity (Wildman–Crippen MR) is 97.9 cm³/mol. The third-order valence-corrected chi connectivity index (χ3v) is 4.71. The lowest BCUT2D eigenvalue weighted by molar-refractivity contribution is -0.130. The molecule has 3 amide bonds. The van der Waals surface area contributed by atoms with Crippen LogP contribution in [0.4, 0.5) is 9.18 Å². The molecule has 2 aromatic rings. The molecule has 0 aliphatic carbocycles. The number of nitrogens with one attached hydrogen (secondary N) is 1. The maximum absolute atomic E-state index is 13.2. The van der Waals surface area contributed by atoms with Gasteiger partial charge in [-0.3, -0.25) is 14.5 Å². The molecule has 1 N–H and O–H groups in total. The summed E-state index contributed by atoms with van der Waals surface area (Å²) >= 11 is 0. The maximum atomic E-state index is 13.2. The van der Waals surface area contributed by atoms with Gasteiger partial charge in [-0.1, -0.05) is 12.1 Å². The van der Waals surface area contributed by atoms with E-state index in [9.17, 15) is 18.8 Å². The third-order valence-electron chi connectivity index (χ3n) is 4.71. The Bertz CT molecular complexity index is 944. The van der Waals surface area contributed by atoms with Gasteiger partial charge in [-0.15, -0.1) is 0 Å². The van der Waals surface area contributed by atoms with Crippen LogP contribution >= 0.6 is 0 Å². The van der Waals surface area contributed by atoms with Gasteiger partial charge < -0.3 is 14.8 Å². The molecule has 7 nitrogen and oxygen atoms in total. The van der Waals surface area contributed by atoms with Crippen molar-refractivity contribution in [3.05, 3.63) is 59.4 Å². The number of amides is 3. The van der Waals surface area contributed by atoms with Crippen LogP contribution in [0.25, 0.3) is 0 Å². The molecule has 0 radical (unpaired) electrons. The summed E-state index contributed by atoms with van der Waals surface area (Å²) in [6.07, 6.45) is 0. The van der Waals surface area contributed by atoms with Crippen LogP contribution in [0.5, 0.6) is 11.5 Å². The fourth-order valence-electron chi connectivity index (χ4n) is 3.08. The number of hydrogen-bond acceptors (Lipinski definition) is 5. The summed E-state index contributed by atoms with van der Waals surface area (Å²) in [4.78, 5) is 38.9. The molecule has 28 heavy (non-hydrogen) atoms. The van der Waals surface area contributed by atoms with Crippen molar-refractivity contribution in [2.45, 2.75) is 12.5 Å². The van der Waals surface area contributed by atoms with Gasteiger partial charge in [-0.05, 0) is 42.8 Å². The molecule has 1 fully saturated rings. The summed E-state index contributed by atoms with van der Waals surface area (Å²) in [5.41, 5.74) is -0.775. The highest BCUT2D eigenvalue weighted by Crippen LogP contribution is 2.30. The van der Waals surface area contributed by atoms with Crippen LogP contribution in [-0.4, -0.2) is 43.4 Å². The van der Waals surface area contributed by atoms with Gasteiger partial charge in [0.05, 0.1) is 26.3 Å². The summed E-state index contributed by atoms with van der Waals surface area (Å²) in [7, 11) is 2.87. The number of nitrogens with zero attached hydrogens (tertiary/aromatic N) is 1. The average molecular weight is 386 g/mol. The number of carbonyl (C=O) groups is 3. The zero-order chi connectivity index (χ0) is 20.5. The molecule has 1 aliphatic heterocycles. The average Bonchev–Trinajstić information content (AvgIpc) is 2.91. The van der Waals surface area contributed by atoms with Crippen molar-refractivity contribution in [2.75, 3.05) is 20.8 Å².